The van der Waals surface area contributed by atoms with Crippen molar-refractivity contribution in [2.75, 3.05) is 18.1 Å². The van der Waals surface area contributed by atoms with Gasteiger partial charge in [-0.05, 0) is 0 Å². The lowest BCUT2D eigenvalue weighted by molar-refractivity contribution is 0.0965. The van der Waals surface area contributed by atoms with Crippen molar-refractivity contribution in [2.24, 2.45) is 12.8 Å². The minimum atomic E-state index is -0.655. The lowest BCUT2D eigenvalue weighted by Gasteiger charge is -2.06. The first-order valence-corrected chi connectivity index (χ1v) is 6.91. The molecule has 0 spiro atoms. The summed E-state index contributed by atoms with van der Waals surface area (Å²) in [5, 5.41) is 10.1. The summed E-state index contributed by atoms with van der Waals surface area (Å²) in [6.45, 7) is 0.454. The fourth-order valence-electron chi connectivity index (χ4n) is 1.85. The number of aryl methyl sites for hydroxylation is 1. The minimum absolute atomic E-state index is 0.0977. The van der Waals surface area contributed by atoms with Crippen molar-refractivity contribution in [2.45, 2.75) is 6.54 Å². The molecule has 2 aromatic rings. The summed E-state index contributed by atoms with van der Waals surface area (Å²) < 4.78 is 1.67. The van der Waals surface area contributed by atoms with Crippen LogP contribution >= 0.6 is 11.3 Å². The summed E-state index contributed by atoms with van der Waals surface area (Å²) in [5.41, 5.74) is 12.4. The van der Waals surface area contributed by atoms with E-state index >= 15 is 0 Å². The van der Waals surface area contributed by atoms with Crippen molar-refractivity contribution in [3.05, 3.63) is 28.4 Å². The monoisotopic (exact) mass is 308 g/mol. The Kier molecular flexibility index (Phi) is 4.13. The van der Waals surface area contributed by atoms with E-state index in [4.69, 9.17) is 11.5 Å². The number of carbonyl (C=O) groups excluding carboxylic acids is 2. The van der Waals surface area contributed by atoms with E-state index in [1.807, 2.05) is 13.2 Å². The molecule has 0 unspecified atom stereocenters. The predicted molar refractivity (Wildman–Crippen MR) is 81.2 cm³/mol. The van der Waals surface area contributed by atoms with E-state index in [0.717, 1.165) is 16.9 Å². The topological polar surface area (TPSA) is 128 Å². The van der Waals surface area contributed by atoms with E-state index in [-0.39, 0.29) is 22.0 Å². The maximum absolute atomic E-state index is 11.9. The molecule has 0 aliphatic rings. The van der Waals surface area contributed by atoms with Gasteiger partial charge in [-0.1, -0.05) is 0 Å². The Balaban J connectivity index is 2.30. The number of nitrogens with zero attached hydrogens (tertiary/aromatic N) is 2. The SMILES string of the molecule is CNC(=O)c1c(NCc2cnn(C)c2)sc(C(N)=O)c1N. The quantitative estimate of drug-likeness (QED) is 0.624. The number of nitrogens with two attached hydrogens (primary N) is 2. The lowest BCUT2D eigenvalue weighted by atomic mass is 10.2. The number of thiophene rings is 1. The van der Waals surface area contributed by atoms with Crippen LogP contribution in [-0.4, -0.2) is 28.6 Å². The molecule has 2 heterocycles. The van der Waals surface area contributed by atoms with Gasteiger partial charge in [0.05, 0.1) is 17.4 Å². The molecule has 2 aromatic heterocycles. The molecule has 21 heavy (non-hydrogen) atoms. The fraction of sp³-hybridized carbons (Fsp3) is 0.250. The van der Waals surface area contributed by atoms with Crippen molar-refractivity contribution in [1.82, 2.24) is 15.1 Å². The highest BCUT2D eigenvalue weighted by Gasteiger charge is 2.23. The normalized spacial score (nSPS) is 10.4. The first-order valence-electron chi connectivity index (χ1n) is 6.09. The molecule has 0 aliphatic heterocycles. The molecule has 9 heteroatoms. The molecule has 0 aliphatic carbocycles. The molecule has 0 radical (unpaired) electrons. The minimum Gasteiger partial charge on any atom is -0.397 e. The largest absolute Gasteiger partial charge is 0.397 e. The Morgan fingerprint density at radius 3 is 2.71 bits per heavy atom. The van der Waals surface area contributed by atoms with Gasteiger partial charge < -0.3 is 22.1 Å². The van der Waals surface area contributed by atoms with Crippen LogP contribution in [0.1, 0.15) is 25.6 Å². The summed E-state index contributed by atoms with van der Waals surface area (Å²) in [4.78, 5) is 23.4. The van der Waals surface area contributed by atoms with Gasteiger partial charge in [0.25, 0.3) is 11.8 Å². The molecule has 8 nitrogen and oxygen atoms in total. The molecule has 0 fully saturated rings. The van der Waals surface area contributed by atoms with Gasteiger partial charge in [0.15, 0.2) is 0 Å². The molecule has 0 aromatic carbocycles. The van der Waals surface area contributed by atoms with E-state index in [1.165, 1.54) is 7.05 Å². The number of primary amides is 1. The first-order chi connectivity index (χ1) is 9.93. The Morgan fingerprint density at radius 1 is 1.48 bits per heavy atom. The Labute approximate surface area is 125 Å². The molecule has 0 atom stereocenters. The molecule has 0 saturated heterocycles. The average molecular weight is 308 g/mol. The molecule has 2 rings (SSSR count). The number of amides is 2. The third-order valence-corrected chi connectivity index (χ3v) is 4.01. The van der Waals surface area contributed by atoms with E-state index in [2.05, 4.69) is 15.7 Å². The van der Waals surface area contributed by atoms with Gasteiger partial charge >= 0.3 is 0 Å². The standard InChI is InChI=1S/C12H16N6O2S/c1-15-11(20)7-8(13)9(10(14)19)21-12(7)16-3-6-4-17-18(2)5-6/h4-5,16H,3,13H2,1-2H3,(H2,14,19)(H,15,20). The van der Waals surface area contributed by atoms with Crippen molar-refractivity contribution in [3.8, 4) is 0 Å². The molecule has 6 N–H and O–H groups in total. The highest BCUT2D eigenvalue weighted by Crippen LogP contribution is 2.35. The second-order valence-electron chi connectivity index (χ2n) is 4.37. The summed E-state index contributed by atoms with van der Waals surface area (Å²) in [5.74, 6) is -1.03. The number of nitrogen functional groups attached to an aromatic ring is 1. The number of aromatic nitrogens is 2. The maximum Gasteiger partial charge on any atom is 0.260 e. The number of rotatable bonds is 5. The third-order valence-electron chi connectivity index (χ3n) is 2.83. The van der Waals surface area contributed by atoms with Gasteiger partial charge in [0, 0.05) is 32.4 Å². The number of nitrogens with one attached hydrogen (secondary N) is 2. The number of carbonyl (C=O) groups is 2. The molecule has 112 valence electrons. The summed E-state index contributed by atoms with van der Waals surface area (Å²) in [6, 6.07) is 0. The van der Waals surface area contributed by atoms with E-state index < -0.39 is 5.91 Å². The van der Waals surface area contributed by atoms with Crippen LogP contribution < -0.4 is 22.1 Å². The Hall–Kier alpha value is -2.55. The molecular formula is C12H16N6O2S. The van der Waals surface area contributed by atoms with Gasteiger partial charge in [-0.3, -0.25) is 14.3 Å². The molecular weight excluding hydrogens is 292 g/mol. The van der Waals surface area contributed by atoms with Crippen LogP contribution in [0, 0.1) is 0 Å². The van der Waals surface area contributed by atoms with Crippen LogP contribution in [0.25, 0.3) is 0 Å². The van der Waals surface area contributed by atoms with Crippen LogP contribution in [0.5, 0.6) is 0 Å². The summed E-state index contributed by atoms with van der Waals surface area (Å²) >= 11 is 1.07. The zero-order valence-corrected chi connectivity index (χ0v) is 12.5. The van der Waals surface area contributed by atoms with Crippen LogP contribution in [0.2, 0.25) is 0 Å². The van der Waals surface area contributed by atoms with Gasteiger partial charge in [0.2, 0.25) is 0 Å². The van der Waals surface area contributed by atoms with Gasteiger partial charge in [0.1, 0.15) is 9.88 Å². The maximum atomic E-state index is 11.9. The molecule has 0 saturated carbocycles. The number of anilines is 2. The van der Waals surface area contributed by atoms with Crippen LogP contribution in [0.4, 0.5) is 10.7 Å². The van der Waals surface area contributed by atoms with Crippen molar-refractivity contribution >= 4 is 33.8 Å². The second-order valence-corrected chi connectivity index (χ2v) is 5.39. The molecule has 0 bridgehead atoms. The lowest BCUT2D eigenvalue weighted by Crippen LogP contribution is -2.20. The highest BCUT2D eigenvalue weighted by molar-refractivity contribution is 7.19. The number of hydrogen-bond donors (Lipinski definition) is 4. The van der Waals surface area contributed by atoms with Gasteiger partial charge in [-0.2, -0.15) is 5.10 Å². The zero-order valence-electron chi connectivity index (χ0n) is 11.6. The average Bonchev–Trinajstić information content (AvgIpc) is 2.99. The highest BCUT2D eigenvalue weighted by atomic mass is 32.1. The van der Waals surface area contributed by atoms with Gasteiger partial charge in [-0.25, -0.2) is 0 Å². The summed E-state index contributed by atoms with van der Waals surface area (Å²) in [7, 11) is 3.31. The number of hydrogen-bond acceptors (Lipinski definition) is 6. The van der Waals surface area contributed by atoms with Crippen LogP contribution in [-0.2, 0) is 13.6 Å². The Morgan fingerprint density at radius 2 is 2.19 bits per heavy atom. The van der Waals surface area contributed by atoms with Crippen molar-refractivity contribution in [3.63, 3.8) is 0 Å². The first kappa shape index (κ1) is 14.9. The van der Waals surface area contributed by atoms with Crippen molar-refractivity contribution in [1.29, 1.82) is 0 Å². The molecule has 2 amide bonds. The van der Waals surface area contributed by atoms with Crippen LogP contribution in [0.15, 0.2) is 12.4 Å². The van der Waals surface area contributed by atoms with Crippen molar-refractivity contribution < 1.29 is 9.59 Å². The van der Waals surface area contributed by atoms with Crippen LogP contribution in [0.3, 0.4) is 0 Å². The Bertz CT molecular complexity index is 690. The summed E-state index contributed by atoms with van der Waals surface area (Å²) in [6.07, 6.45) is 3.55. The van der Waals surface area contributed by atoms with E-state index in [0.29, 0.717) is 11.5 Å². The fourth-order valence-corrected chi connectivity index (χ4v) is 2.81. The zero-order chi connectivity index (χ0) is 15.6. The van der Waals surface area contributed by atoms with E-state index in [1.54, 1.807) is 10.9 Å². The smallest absolute Gasteiger partial charge is 0.260 e. The third kappa shape index (κ3) is 2.97. The predicted octanol–water partition coefficient (Wildman–Crippen LogP) is 0.134. The van der Waals surface area contributed by atoms with Gasteiger partial charge in [-0.15, -0.1) is 11.3 Å². The second kappa shape index (κ2) is 5.83. The van der Waals surface area contributed by atoms with E-state index in [9.17, 15) is 9.59 Å².